The molecule has 13 heteroatoms. The Labute approximate surface area is 215 Å². The zero-order valence-electron chi connectivity index (χ0n) is 19.7. The van der Waals surface area contributed by atoms with Crippen molar-refractivity contribution < 1.29 is 64.3 Å². The smallest absolute Gasteiger partial charge is 0.306 e. The van der Waals surface area contributed by atoms with E-state index in [1.807, 2.05) is 0 Å². The second kappa shape index (κ2) is 11.1. The number of carboxylic acid groups (broad SMARTS) is 1. The third kappa shape index (κ3) is 5.92. The summed E-state index contributed by atoms with van der Waals surface area (Å²) < 4.78 is 21.0. The number of aliphatic hydroxyl groups excluding tert-OH is 3. The van der Waals surface area contributed by atoms with Crippen molar-refractivity contribution in [2.45, 2.75) is 49.7 Å². The Morgan fingerprint density at radius 1 is 0.921 bits per heavy atom. The molecule has 38 heavy (non-hydrogen) atoms. The van der Waals surface area contributed by atoms with E-state index in [1.54, 1.807) is 12.1 Å². The molecule has 0 bridgehead atoms. The normalized spacial score (nSPS) is 26.4. The summed E-state index contributed by atoms with van der Waals surface area (Å²) in [6.45, 7) is -0.559. The minimum absolute atomic E-state index is 0.00409. The number of aliphatic carboxylic acids is 1. The van der Waals surface area contributed by atoms with Crippen LogP contribution in [0.1, 0.15) is 30.1 Å². The number of rotatable bonds is 8. The highest BCUT2D eigenvalue weighted by molar-refractivity contribution is 5.76. The SMILES string of the molecule is O=C(O)CCC(=O)OCC1OC(OC2=Cc3c(O)cc(O)cc3[OH+]C2c2ccc(O)cc2)C(O)C(O)C1O. The van der Waals surface area contributed by atoms with Gasteiger partial charge >= 0.3 is 11.9 Å². The highest BCUT2D eigenvalue weighted by atomic mass is 16.7. The molecule has 6 atom stereocenters. The minimum atomic E-state index is -1.76. The molecule has 13 nitrogen and oxygen atoms in total. The average molecular weight is 535 g/mol. The van der Waals surface area contributed by atoms with Gasteiger partial charge in [-0.25, -0.2) is 0 Å². The summed E-state index contributed by atoms with van der Waals surface area (Å²) in [5.41, 5.74) is 0.722. The summed E-state index contributed by atoms with van der Waals surface area (Å²) in [6, 6.07) is 8.38. The van der Waals surface area contributed by atoms with Gasteiger partial charge in [-0.05, 0) is 24.3 Å². The van der Waals surface area contributed by atoms with Crippen LogP contribution in [0, 0.1) is 0 Å². The molecule has 6 unspecified atom stereocenters. The quantitative estimate of drug-likeness (QED) is 0.180. The lowest BCUT2D eigenvalue weighted by Crippen LogP contribution is -2.59. The van der Waals surface area contributed by atoms with E-state index in [-0.39, 0.29) is 34.3 Å². The van der Waals surface area contributed by atoms with Crippen LogP contribution in [0.2, 0.25) is 0 Å². The van der Waals surface area contributed by atoms with Crippen LogP contribution in [0.4, 0.5) is 0 Å². The highest BCUT2D eigenvalue weighted by Gasteiger charge is 2.47. The van der Waals surface area contributed by atoms with Crippen LogP contribution < -0.4 is 0 Å². The Hall–Kier alpha value is -4.04. The van der Waals surface area contributed by atoms with Crippen molar-refractivity contribution in [3.05, 3.63) is 53.3 Å². The Morgan fingerprint density at radius 2 is 1.63 bits per heavy atom. The lowest BCUT2D eigenvalue weighted by molar-refractivity contribution is -0.296. The molecular weight excluding hydrogens is 508 g/mol. The van der Waals surface area contributed by atoms with E-state index in [2.05, 4.69) is 4.74 Å². The first-order valence-electron chi connectivity index (χ1n) is 11.5. The molecule has 0 saturated carbocycles. The number of esters is 1. The summed E-state index contributed by atoms with van der Waals surface area (Å²) in [4.78, 5) is 22.4. The van der Waals surface area contributed by atoms with Gasteiger partial charge in [-0.1, -0.05) is 0 Å². The van der Waals surface area contributed by atoms with E-state index in [1.165, 1.54) is 24.3 Å². The number of phenolic OH excluding ortho intramolecular Hbond substituents is 3. The third-order valence-electron chi connectivity index (χ3n) is 6.03. The fourth-order valence-electron chi connectivity index (χ4n) is 4.02. The second-order valence-corrected chi connectivity index (χ2v) is 8.78. The van der Waals surface area contributed by atoms with Gasteiger partial charge in [-0.3, -0.25) is 9.59 Å². The lowest BCUT2D eigenvalue weighted by atomic mass is 9.98. The summed E-state index contributed by atoms with van der Waals surface area (Å²) >= 11 is 0. The van der Waals surface area contributed by atoms with Crippen LogP contribution >= 0.6 is 0 Å². The third-order valence-corrected chi connectivity index (χ3v) is 6.03. The predicted molar refractivity (Wildman–Crippen MR) is 126 cm³/mol. The Kier molecular flexibility index (Phi) is 7.92. The van der Waals surface area contributed by atoms with Crippen molar-refractivity contribution in [3.63, 3.8) is 0 Å². The molecule has 8 N–H and O–H groups in total. The first-order chi connectivity index (χ1) is 18.0. The van der Waals surface area contributed by atoms with Gasteiger partial charge < -0.3 is 54.7 Å². The lowest BCUT2D eigenvalue weighted by Gasteiger charge is -2.40. The summed E-state index contributed by atoms with van der Waals surface area (Å²) in [5, 5.41) is 69.8. The Balaban J connectivity index is 1.58. The zero-order valence-corrected chi connectivity index (χ0v) is 19.7. The molecule has 0 aliphatic carbocycles. The molecule has 0 aromatic heterocycles. The van der Waals surface area contributed by atoms with Crippen LogP contribution in [0.15, 0.2) is 42.2 Å². The van der Waals surface area contributed by atoms with Crippen LogP contribution in [0.5, 0.6) is 23.0 Å². The number of carbonyl (C=O) groups is 2. The maximum atomic E-state index is 11.8. The molecule has 2 heterocycles. The average Bonchev–Trinajstić information content (AvgIpc) is 2.87. The number of aromatic hydroxyl groups is 4. The Morgan fingerprint density at radius 3 is 2.32 bits per heavy atom. The zero-order chi connectivity index (χ0) is 27.6. The van der Waals surface area contributed by atoms with Crippen LogP contribution in [0.3, 0.4) is 0 Å². The van der Waals surface area contributed by atoms with Crippen LogP contribution in [-0.4, -0.2) is 89.7 Å². The van der Waals surface area contributed by atoms with Crippen molar-refractivity contribution in [1.82, 2.24) is 0 Å². The van der Waals surface area contributed by atoms with Gasteiger partial charge in [0.2, 0.25) is 6.29 Å². The van der Waals surface area contributed by atoms with Crippen molar-refractivity contribution in [2.75, 3.05) is 6.61 Å². The number of ether oxygens (including phenoxy) is 4. The van der Waals surface area contributed by atoms with Gasteiger partial charge in [0.1, 0.15) is 53.8 Å². The minimum Gasteiger partial charge on any atom is -0.571 e. The van der Waals surface area contributed by atoms with E-state index in [4.69, 9.17) is 19.3 Å². The predicted octanol–water partition coefficient (Wildman–Crippen LogP) is 0.373. The molecule has 0 amide bonds. The van der Waals surface area contributed by atoms with Crippen molar-refractivity contribution in [3.8, 4) is 23.0 Å². The summed E-state index contributed by atoms with van der Waals surface area (Å²) in [6.07, 6.45) is -8.45. The number of benzene rings is 2. The molecule has 2 aliphatic rings. The number of phenols is 3. The van der Waals surface area contributed by atoms with E-state index in [0.717, 1.165) is 6.07 Å². The topological polar surface area (TPSA) is 216 Å². The van der Waals surface area contributed by atoms with Crippen LogP contribution in [0.25, 0.3) is 6.08 Å². The first-order valence-corrected chi connectivity index (χ1v) is 11.5. The number of hydrogen-bond donors (Lipinski definition) is 7. The van der Waals surface area contributed by atoms with Crippen molar-refractivity contribution >= 4 is 18.0 Å². The van der Waals surface area contributed by atoms with Crippen molar-refractivity contribution in [1.29, 1.82) is 0 Å². The molecule has 4 rings (SSSR count). The van der Waals surface area contributed by atoms with Gasteiger partial charge in [0.15, 0.2) is 5.76 Å². The van der Waals surface area contributed by atoms with E-state index in [0.29, 0.717) is 5.56 Å². The molecule has 2 aliphatic heterocycles. The van der Waals surface area contributed by atoms with Gasteiger partial charge in [0, 0.05) is 12.1 Å². The van der Waals surface area contributed by atoms with Gasteiger partial charge in [-0.15, -0.1) is 0 Å². The van der Waals surface area contributed by atoms with Gasteiger partial charge in [-0.2, -0.15) is 0 Å². The largest absolute Gasteiger partial charge is 0.571 e. The Bertz CT molecular complexity index is 1210. The first kappa shape index (κ1) is 27.0. The monoisotopic (exact) mass is 535 g/mol. The van der Waals surface area contributed by atoms with Crippen LogP contribution in [-0.2, 0) is 23.8 Å². The second-order valence-electron chi connectivity index (χ2n) is 8.78. The van der Waals surface area contributed by atoms with E-state index >= 15 is 0 Å². The molecule has 1 saturated heterocycles. The molecule has 2 aromatic rings. The van der Waals surface area contributed by atoms with Gasteiger partial charge in [0.05, 0.1) is 24.5 Å². The van der Waals surface area contributed by atoms with E-state index in [9.17, 15) is 40.2 Å². The molecule has 2 aromatic carbocycles. The molecule has 1 fully saturated rings. The summed E-state index contributed by atoms with van der Waals surface area (Å²) in [5.74, 6) is -2.31. The summed E-state index contributed by atoms with van der Waals surface area (Å²) in [7, 11) is 0. The van der Waals surface area contributed by atoms with E-state index < -0.39 is 68.2 Å². The number of aliphatic hydroxyl groups is 4. The molecule has 0 radical (unpaired) electrons. The molecular formula is C25H27O13+. The standard InChI is InChI=1S/C25H26O13/c26-12-3-1-11(2-4-12)24-17(9-14-15(28)7-13(27)8-16(14)36-24)37-25-23(34)22(33)21(32)18(38-25)10-35-20(31)6-5-19(29)30/h1-4,7-9,18,21-28,32-34H,5-6,10H2,(H,29,30)/p+1. The molecule has 0 spiro atoms. The maximum absolute atomic E-state index is 11.8. The van der Waals surface area contributed by atoms with Gasteiger partial charge in [0.25, 0.3) is 11.9 Å². The number of hydrogen-bond acceptors (Lipinski definition) is 11. The number of carboxylic acids is 1. The fraction of sp³-hybridized carbons (Fsp3) is 0.360. The maximum Gasteiger partial charge on any atom is 0.306 e. The fourth-order valence-corrected chi connectivity index (χ4v) is 4.02. The highest BCUT2D eigenvalue weighted by Crippen LogP contribution is 2.45. The number of fused-ring (bicyclic) bond motifs is 1. The van der Waals surface area contributed by atoms with Crippen molar-refractivity contribution in [2.24, 2.45) is 0 Å². The number of carbonyl (C=O) groups excluding carboxylic acids is 1. The molecule has 204 valence electrons.